The second kappa shape index (κ2) is 4.94. The summed E-state index contributed by atoms with van der Waals surface area (Å²) in [6.07, 6.45) is -3.21. The largest absolute Gasteiger partial charge is 0.417 e. The summed E-state index contributed by atoms with van der Waals surface area (Å²) >= 11 is 0. The summed E-state index contributed by atoms with van der Waals surface area (Å²) in [6.45, 7) is 1.50. The van der Waals surface area contributed by atoms with Crippen molar-refractivity contribution in [3.63, 3.8) is 0 Å². The molecule has 3 fully saturated rings. The van der Waals surface area contributed by atoms with E-state index in [0.717, 1.165) is 38.1 Å². The molecule has 3 aliphatic rings. The second-order valence-corrected chi connectivity index (χ2v) is 8.34. The molecular formula is C15H17F3N2O2S. The van der Waals surface area contributed by atoms with E-state index in [-0.39, 0.29) is 23.9 Å². The minimum Gasteiger partial charge on any atom is -0.316 e. The Balaban J connectivity index is 1.79. The predicted octanol–water partition coefficient (Wildman–Crippen LogP) is 2.08. The van der Waals surface area contributed by atoms with Crippen molar-refractivity contribution in [2.24, 2.45) is 11.8 Å². The van der Waals surface area contributed by atoms with Crippen molar-refractivity contribution in [3.05, 3.63) is 29.8 Å². The smallest absolute Gasteiger partial charge is 0.316 e. The van der Waals surface area contributed by atoms with Crippen LogP contribution in [0.5, 0.6) is 0 Å². The first kappa shape index (κ1) is 15.4. The Labute approximate surface area is 132 Å². The van der Waals surface area contributed by atoms with Crippen molar-refractivity contribution < 1.29 is 21.6 Å². The van der Waals surface area contributed by atoms with Gasteiger partial charge in [-0.3, -0.25) is 0 Å². The Hall–Kier alpha value is -1.12. The van der Waals surface area contributed by atoms with Crippen LogP contribution in [0, 0.1) is 11.8 Å². The first-order valence-corrected chi connectivity index (χ1v) is 9.16. The molecule has 0 spiro atoms. The maximum Gasteiger partial charge on any atom is 0.417 e. The summed E-state index contributed by atoms with van der Waals surface area (Å²) in [4.78, 5) is -0.614. The Morgan fingerprint density at radius 2 is 1.61 bits per heavy atom. The van der Waals surface area contributed by atoms with Gasteiger partial charge in [0.15, 0.2) is 0 Å². The minimum atomic E-state index is -4.68. The van der Waals surface area contributed by atoms with Gasteiger partial charge in [0, 0.05) is 12.1 Å². The van der Waals surface area contributed by atoms with Gasteiger partial charge in [0.1, 0.15) is 0 Å². The van der Waals surface area contributed by atoms with Crippen LogP contribution >= 0.6 is 0 Å². The zero-order chi connectivity index (χ0) is 16.4. The van der Waals surface area contributed by atoms with E-state index >= 15 is 0 Å². The predicted molar refractivity (Wildman–Crippen MR) is 77.1 cm³/mol. The first-order valence-electron chi connectivity index (χ1n) is 7.72. The van der Waals surface area contributed by atoms with Crippen molar-refractivity contribution in [1.82, 2.24) is 9.62 Å². The molecule has 4 nitrogen and oxygen atoms in total. The molecule has 2 bridgehead atoms. The van der Waals surface area contributed by atoms with Crippen LogP contribution in [0.1, 0.15) is 18.4 Å². The highest BCUT2D eigenvalue weighted by molar-refractivity contribution is 7.89. The highest BCUT2D eigenvalue weighted by atomic mass is 32.2. The van der Waals surface area contributed by atoms with Crippen LogP contribution in [0.4, 0.5) is 13.2 Å². The molecular weight excluding hydrogens is 329 g/mol. The number of nitrogens with one attached hydrogen (secondary N) is 1. The summed E-state index contributed by atoms with van der Waals surface area (Å²) in [6, 6.07) is 4.14. The third-order valence-electron chi connectivity index (χ3n) is 5.46. The van der Waals surface area contributed by atoms with Gasteiger partial charge in [-0.2, -0.15) is 17.5 Å². The summed E-state index contributed by atoms with van der Waals surface area (Å²) < 4.78 is 67.0. The molecule has 3 saturated heterocycles. The van der Waals surface area contributed by atoms with Crippen molar-refractivity contribution in [3.8, 4) is 0 Å². The minimum absolute atomic E-state index is 0.175. The molecule has 1 aromatic carbocycles. The standard InChI is InChI=1S/C15H17F3N2O2S/c16-15(17,18)11-3-1-2-4-14(11)23(21,22)20-12-5-6-13(20)10-8-19-7-9(10)12/h1-4,9-10,12-13,19H,5-8H2/t9-,10+,12-,13+. The SMILES string of the molecule is O=S(=O)(c1ccccc1C(F)(F)F)N1[C@@H]2CC[C@H]1[C@H]1CNC[C@H]12. The topological polar surface area (TPSA) is 49.4 Å². The normalized spacial score (nSPS) is 34.0. The fourth-order valence-electron chi connectivity index (χ4n) is 4.61. The van der Waals surface area contributed by atoms with Gasteiger partial charge in [-0.05, 0) is 49.9 Å². The molecule has 8 heteroatoms. The number of hydrogen-bond donors (Lipinski definition) is 1. The van der Waals surface area contributed by atoms with Gasteiger partial charge in [-0.25, -0.2) is 8.42 Å². The lowest BCUT2D eigenvalue weighted by Gasteiger charge is -2.25. The number of alkyl halides is 3. The van der Waals surface area contributed by atoms with Crippen molar-refractivity contribution >= 4 is 10.0 Å². The molecule has 4 rings (SSSR count). The quantitative estimate of drug-likeness (QED) is 0.892. The zero-order valence-corrected chi connectivity index (χ0v) is 13.1. The van der Waals surface area contributed by atoms with Gasteiger partial charge in [0.05, 0.1) is 10.5 Å². The number of hydrogen-bond acceptors (Lipinski definition) is 3. The summed E-state index contributed by atoms with van der Waals surface area (Å²) in [7, 11) is -4.14. The van der Waals surface area contributed by atoms with Crippen LogP contribution in [0.25, 0.3) is 0 Å². The molecule has 4 atom stereocenters. The van der Waals surface area contributed by atoms with E-state index in [0.29, 0.717) is 0 Å². The number of halogens is 3. The second-order valence-electron chi connectivity index (χ2n) is 6.53. The molecule has 1 aromatic rings. The van der Waals surface area contributed by atoms with Gasteiger partial charge < -0.3 is 5.32 Å². The number of benzene rings is 1. The van der Waals surface area contributed by atoms with Crippen LogP contribution < -0.4 is 5.32 Å². The van der Waals surface area contributed by atoms with Crippen LogP contribution in [-0.2, 0) is 16.2 Å². The first-order chi connectivity index (χ1) is 10.8. The van der Waals surface area contributed by atoms with Crippen LogP contribution in [0.2, 0.25) is 0 Å². The third-order valence-corrected chi connectivity index (χ3v) is 7.47. The summed E-state index contributed by atoms with van der Waals surface area (Å²) in [5.41, 5.74) is -1.07. The van der Waals surface area contributed by atoms with Crippen molar-refractivity contribution in [1.29, 1.82) is 0 Å². The van der Waals surface area contributed by atoms with E-state index in [9.17, 15) is 21.6 Å². The highest BCUT2D eigenvalue weighted by Crippen LogP contribution is 2.50. The van der Waals surface area contributed by atoms with Gasteiger partial charge >= 0.3 is 6.18 Å². The molecule has 0 radical (unpaired) electrons. The summed E-state index contributed by atoms with van der Waals surface area (Å²) in [5, 5.41) is 3.27. The van der Waals surface area contributed by atoms with Gasteiger partial charge in [-0.15, -0.1) is 0 Å². The number of fused-ring (bicyclic) bond motifs is 5. The lowest BCUT2D eigenvalue weighted by atomic mass is 9.82. The van der Waals surface area contributed by atoms with Gasteiger partial charge in [0.2, 0.25) is 10.0 Å². The lowest BCUT2D eigenvalue weighted by Crippen LogP contribution is -2.39. The van der Waals surface area contributed by atoms with Gasteiger partial charge in [-0.1, -0.05) is 12.1 Å². The number of nitrogens with zero attached hydrogens (tertiary/aromatic N) is 1. The van der Waals surface area contributed by atoms with Crippen molar-refractivity contribution in [2.45, 2.75) is 36.0 Å². The van der Waals surface area contributed by atoms with E-state index < -0.39 is 26.7 Å². The molecule has 3 heterocycles. The maximum absolute atomic E-state index is 13.2. The van der Waals surface area contributed by atoms with Gasteiger partial charge in [0.25, 0.3) is 0 Å². The van der Waals surface area contributed by atoms with E-state index in [4.69, 9.17) is 0 Å². The third kappa shape index (κ3) is 2.15. The monoisotopic (exact) mass is 346 g/mol. The number of sulfonamides is 1. The average Bonchev–Trinajstić information content (AvgIpc) is 3.18. The molecule has 1 N–H and O–H groups in total. The maximum atomic E-state index is 13.2. The molecule has 23 heavy (non-hydrogen) atoms. The van der Waals surface area contributed by atoms with Crippen LogP contribution in [0.3, 0.4) is 0 Å². The van der Waals surface area contributed by atoms with E-state index in [2.05, 4.69) is 5.32 Å². The molecule has 126 valence electrons. The molecule has 0 aromatic heterocycles. The fraction of sp³-hybridized carbons (Fsp3) is 0.600. The molecule has 0 aliphatic carbocycles. The summed E-state index contributed by atoms with van der Waals surface area (Å²) in [5.74, 6) is 0.447. The van der Waals surface area contributed by atoms with Crippen LogP contribution in [0.15, 0.2) is 29.2 Å². The van der Waals surface area contributed by atoms with E-state index in [1.54, 1.807) is 0 Å². The number of rotatable bonds is 2. The van der Waals surface area contributed by atoms with Crippen LogP contribution in [-0.4, -0.2) is 37.9 Å². The fourth-order valence-corrected chi connectivity index (χ4v) is 6.78. The molecule has 0 unspecified atom stereocenters. The highest BCUT2D eigenvalue weighted by Gasteiger charge is 2.59. The van der Waals surface area contributed by atoms with E-state index in [1.165, 1.54) is 16.4 Å². The Kier molecular flexibility index (Phi) is 3.31. The Morgan fingerprint density at radius 1 is 1.04 bits per heavy atom. The molecule has 0 amide bonds. The molecule has 0 saturated carbocycles. The lowest BCUT2D eigenvalue weighted by molar-refractivity contribution is -0.139. The zero-order valence-electron chi connectivity index (χ0n) is 12.3. The van der Waals surface area contributed by atoms with E-state index in [1.807, 2.05) is 0 Å². The average molecular weight is 346 g/mol. The Morgan fingerprint density at radius 3 is 2.17 bits per heavy atom. The molecule has 3 aliphatic heterocycles. The Bertz CT molecular complexity index is 716. The van der Waals surface area contributed by atoms with Crippen molar-refractivity contribution in [2.75, 3.05) is 13.1 Å².